The molecule has 1 atom stereocenters. The summed E-state index contributed by atoms with van der Waals surface area (Å²) in [4.78, 5) is 6.04. The van der Waals surface area contributed by atoms with Crippen LogP contribution in [0.2, 0.25) is 0 Å². The van der Waals surface area contributed by atoms with Gasteiger partial charge in [-0.2, -0.15) is 0 Å². The lowest BCUT2D eigenvalue weighted by molar-refractivity contribution is 0.112. The van der Waals surface area contributed by atoms with Crippen LogP contribution in [0, 0.1) is 0 Å². The highest BCUT2D eigenvalue weighted by atomic mass is 32.2. The first-order chi connectivity index (χ1) is 28.2. The van der Waals surface area contributed by atoms with Gasteiger partial charge in [0.15, 0.2) is 0 Å². The van der Waals surface area contributed by atoms with E-state index in [2.05, 4.69) is 164 Å². The Balaban J connectivity index is 1.28. The summed E-state index contributed by atoms with van der Waals surface area (Å²) < 4.78 is 13.1. The number of thiophene rings is 1. The predicted molar refractivity (Wildman–Crippen MR) is 249 cm³/mol. The molecule has 0 fully saturated rings. The van der Waals surface area contributed by atoms with Gasteiger partial charge in [0.2, 0.25) is 0 Å². The molecule has 57 heavy (non-hydrogen) atoms. The molecule has 3 nitrogen and oxygen atoms in total. The molecule has 294 valence electrons. The maximum Gasteiger partial charge on any atom is 0.138 e. The lowest BCUT2D eigenvalue weighted by Crippen LogP contribution is -2.10. The number of thioether (sulfide) groups is 1. The minimum Gasteiger partial charge on any atom is -0.492 e. The zero-order valence-electron chi connectivity index (χ0n) is 33.7. The van der Waals surface area contributed by atoms with Gasteiger partial charge in [0, 0.05) is 33.5 Å². The van der Waals surface area contributed by atoms with Crippen LogP contribution in [0.5, 0.6) is 5.75 Å². The van der Waals surface area contributed by atoms with Gasteiger partial charge in [0.25, 0.3) is 0 Å². The Hall–Kier alpha value is -4.55. The number of benzene rings is 5. The largest absolute Gasteiger partial charge is 0.492 e. The average molecular weight is 792 g/mol. The number of para-hydroxylation sites is 1. The number of ether oxygens (including phenoxy) is 2. The van der Waals surface area contributed by atoms with Crippen molar-refractivity contribution in [3.63, 3.8) is 0 Å². The van der Waals surface area contributed by atoms with E-state index >= 15 is 0 Å². The molecular weight excluding hydrogens is 735 g/mol. The average Bonchev–Trinajstić information content (AvgIpc) is 3.69. The molecule has 1 aromatic heterocycles. The van der Waals surface area contributed by atoms with Crippen molar-refractivity contribution in [2.24, 2.45) is 0 Å². The van der Waals surface area contributed by atoms with E-state index in [1.54, 1.807) is 11.8 Å². The number of hydrogen-bond acceptors (Lipinski definition) is 5. The normalized spacial score (nSPS) is 13.9. The second kappa shape index (κ2) is 21.3. The molecule has 0 radical (unpaired) electrons. The van der Waals surface area contributed by atoms with Crippen molar-refractivity contribution in [1.29, 1.82) is 0 Å². The summed E-state index contributed by atoms with van der Waals surface area (Å²) in [5, 5.41) is 4.66. The monoisotopic (exact) mass is 791 g/mol. The van der Waals surface area contributed by atoms with E-state index in [-0.39, 0.29) is 6.10 Å². The minimum absolute atomic E-state index is 0.0110. The van der Waals surface area contributed by atoms with Crippen molar-refractivity contribution < 1.29 is 9.47 Å². The van der Waals surface area contributed by atoms with Crippen LogP contribution in [0.1, 0.15) is 94.1 Å². The molecule has 0 N–H and O–H groups in total. The molecule has 0 saturated heterocycles. The van der Waals surface area contributed by atoms with Gasteiger partial charge in [-0.3, -0.25) is 0 Å². The number of fused-ring (bicyclic) bond motifs is 1. The van der Waals surface area contributed by atoms with Gasteiger partial charge in [-0.05, 0) is 113 Å². The molecule has 5 heteroatoms. The fraction of sp³-hybridized carbons (Fsp3) is 0.308. The van der Waals surface area contributed by atoms with E-state index in [0.717, 1.165) is 48.7 Å². The van der Waals surface area contributed by atoms with Crippen molar-refractivity contribution in [2.45, 2.75) is 90.6 Å². The third-order valence-corrected chi connectivity index (χ3v) is 12.8. The van der Waals surface area contributed by atoms with Gasteiger partial charge in [0.1, 0.15) is 5.75 Å². The summed E-state index contributed by atoms with van der Waals surface area (Å²) in [6.07, 6.45) is 17.5. The maximum atomic E-state index is 6.77. The summed E-state index contributed by atoms with van der Waals surface area (Å²) in [5.74, 6) is 0.967. The van der Waals surface area contributed by atoms with Gasteiger partial charge in [-0.15, -0.1) is 11.3 Å². The van der Waals surface area contributed by atoms with Crippen LogP contribution >= 0.6 is 23.1 Å². The SMILES string of the molecule is CCCCCCCOc1cc(C2=CC(OCCCCCCC)C=CS2)sc1-c1cc(Cc2ccccc2)cc(N(c2ccccc2)c2ccc3ccccc3c2)c1. The number of rotatable bonds is 21. The Morgan fingerprint density at radius 1 is 0.579 bits per heavy atom. The molecule has 0 saturated carbocycles. The first-order valence-electron chi connectivity index (χ1n) is 21.1. The van der Waals surface area contributed by atoms with E-state index < -0.39 is 0 Å². The van der Waals surface area contributed by atoms with Gasteiger partial charge < -0.3 is 14.4 Å². The highest BCUT2D eigenvalue weighted by Gasteiger charge is 2.21. The third-order valence-electron chi connectivity index (χ3n) is 10.5. The van der Waals surface area contributed by atoms with Crippen molar-refractivity contribution in [2.75, 3.05) is 18.1 Å². The van der Waals surface area contributed by atoms with Gasteiger partial charge in [-0.1, -0.05) is 156 Å². The van der Waals surface area contributed by atoms with Crippen LogP contribution in [0.3, 0.4) is 0 Å². The molecule has 1 aliphatic rings. The summed E-state index contributed by atoms with van der Waals surface area (Å²) in [5.41, 5.74) is 7.11. The predicted octanol–water partition coefficient (Wildman–Crippen LogP) is 15.9. The molecule has 0 spiro atoms. The van der Waals surface area contributed by atoms with E-state index in [4.69, 9.17) is 9.47 Å². The molecule has 7 rings (SSSR count). The molecule has 2 heterocycles. The summed E-state index contributed by atoms with van der Waals surface area (Å²) in [6.45, 7) is 6.04. The molecule has 0 aliphatic carbocycles. The van der Waals surface area contributed by atoms with Crippen molar-refractivity contribution in [3.05, 3.63) is 161 Å². The second-order valence-electron chi connectivity index (χ2n) is 15.0. The van der Waals surface area contributed by atoms with Crippen LogP contribution in [0.15, 0.2) is 145 Å². The quantitative estimate of drug-likeness (QED) is 0.0677. The van der Waals surface area contributed by atoms with Crippen LogP contribution < -0.4 is 9.64 Å². The van der Waals surface area contributed by atoms with E-state index in [0.29, 0.717) is 6.61 Å². The van der Waals surface area contributed by atoms with E-state index in [9.17, 15) is 0 Å². The lowest BCUT2D eigenvalue weighted by Gasteiger charge is -2.27. The standard InChI is InChI=1S/C52H57NO2S2/c1-3-5-7-9-19-30-54-48-29-32-56-50(38-48)51-39-49(55-31-20-10-8-6-4-2)52(57-51)44-34-41(33-40-21-13-11-14-22-40)35-47(37-44)53(45-25-15-12-16-26-45)46-28-27-42-23-17-18-24-43(42)36-46/h11-18,21-29,32,34-39,48H,3-10,19-20,30-31,33H2,1-2H3. The second-order valence-corrected chi connectivity index (χ2v) is 17.0. The first-order valence-corrected chi connectivity index (χ1v) is 22.8. The smallest absolute Gasteiger partial charge is 0.138 e. The van der Waals surface area contributed by atoms with E-state index in [1.807, 2.05) is 11.3 Å². The Morgan fingerprint density at radius 3 is 2.05 bits per heavy atom. The highest BCUT2D eigenvalue weighted by molar-refractivity contribution is 8.11. The summed E-state index contributed by atoms with van der Waals surface area (Å²) in [7, 11) is 0. The molecular formula is C52H57NO2S2. The summed E-state index contributed by atoms with van der Waals surface area (Å²) in [6, 6.07) is 46.4. The highest BCUT2D eigenvalue weighted by Crippen LogP contribution is 2.47. The molecule has 6 aromatic rings. The van der Waals surface area contributed by atoms with Gasteiger partial charge >= 0.3 is 0 Å². The minimum atomic E-state index is -0.0110. The Kier molecular flexibility index (Phi) is 15.2. The van der Waals surface area contributed by atoms with Crippen molar-refractivity contribution in [1.82, 2.24) is 0 Å². The topological polar surface area (TPSA) is 21.7 Å². The zero-order chi connectivity index (χ0) is 39.1. The first kappa shape index (κ1) is 40.6. The maximum absolute atomic E-state index is 6.77. The van der Waals surface area contributed by atoms with Crippen LogP contribution in [0.4, 0.5) is 17.1 Å². The third kappa shape index (κ3) is 11.3. The molecule has 1 unspecified atom stereocenters. The van der Waals surface area contributed by atoms with Gasteiger partial charge in [-0.25, -0.2) is 0 Å². The fourth-order valence-electron chi connectivity index (χ4n) is 7.50. The molecule has 0 amide bonds. The Morgan fingerprint density at radius 2 is 1.28 bits per heavy atom. The van der Waals surface area contributed by atoms with Crippen LogP contribution in [-0.4, -0.2) is 19.3 Å². The Labute approximate surface area is 349 Å². The lowest BCUT2D eigenvalue weighted by atomic mass is 9.99. The molecule has 1 aliphatic heterocycles. The number of nitrogens with zero attached hydrogens (tertiary/aromatic N) is 1. The van der Waals surface area contributed by atoms with Crippen molar-refractivity contribution in [3.8, 4) is 16.2 Å². The van der Waals surface area contributed by atoms with Crippen LogP contribution in [-0.2, 0) is 11.2 Å². The fourth-order valence-corrected chi connectivity index (χ4v) is 9.55. The molecule has 5 aromatic carbocycles. The van der Waals surface area contributed by atoms with Gasteiger partial charge in [0.05, 0.1) is 17.6 Å². The number of hydrogen-bond donors (Lipinski definition) is 0. The number of anilines is 3. The Bertz CT molecular complexity index is 2210. The molecule has 0 bridgehead atoms. The van der Waals surface area contributed by atoms with Crippen molar-refractivity contribution >= 4 is 55.8 Å². The number of unbranched alkanes of at least 4 members (excludes halogenated alkanes) is 8. The summed E-state index contributed by atoms with van der Waals surface area (Å²) >= 11 is 3.62. The van der Waals surface area contributed by atoms with E-state index in [1.165, 1.54) is 93.5 Å². The zero-order valence-corrected chi connectivity index (χ0v) is 35.3. The van der Waals surface area contributed by atoms with Crippen LogP contribution in [0.25, 0.3) is 26.1 Å².